The van der Waals surface area contributed by atoms with Crippen molar-refractivity contribution in [2.24, 2.45) is 0 Å². The maximum Gasteiger partial charge on any atom is 0.331 e. The standard InChI is InChI=1S/C23H20O5/c1-26-22-15-17(11-13-20(22)24)12-14-23(25)27-16-18-7-5-6-10-21(18)28-19-8-3-2-4-9-19/h2-15,24H,16H2,1H3/b14-12+. The van der Waals surface area contributed by atoms with Crippen LogP contribution < -0.4 is 9.47 Å². The number of benzene rings is 3. The molecule has 0 aromatic heterocycles. The SMILES string of the molecule is COc1cc(/C=C/C(=O)OCc2ccccc2Oc2ccccc2)ccc1O. The van der Waals surface area contributed by atoms with Crippen LogP contribution in [0.3, 0.4) is 0 Å². The third kappa shape index (κ3) is 5.14. The van der Waals surface area contributed by atoms with E-state index < -0.39 is 5.97 Å². The number of ether oxygens (including phenoxy) is 3. The quantitative estimate of drug-likeness (QED) is 0.467. The van der Waals surface area contributed by atoms with Gasteiger partial charge < -0.3 is 19.3 Å². The Hall–Kier alpha value is -3.73. The van der Waals surface area contributed by atoms with Gasteiger partial charge >= 0.3 is 5.97 Å². The minimum Gasteiger partial charge on any atom is -0.504 e. The van der Waals surface area contributed by atoms with Crippen LogP contribution in [0.2, 0.25) is 0 Å². The molecule has 0 saturated heterocycles. The zero-order valence-electron chi connectivity index (χ0n) is 15.4. The highest BCUT2D eigenvalue weighted by Gasteiger charge is 2.07. The van der Waals surface area contributed by atoms with Crippen LogP contribution in [0.25, 0.3) is 6.08 Å². The molecule has 0 radical (unpaired) electrons. The van der Waals surface area contributed by atoms with Crippen molar-refractivity contribution in [3.63, 3.8) is 0 Å². The summed E-state index contributed by atoms with van der Waals surface area (Å²) in [7, 11) is 1.46. The molecule has 0 amide bonds. The first kappa shape index (κ1) is 19.0. The summed E-state index contributed by atoms with van der Waals surface area (Å²) < 4.78 is 16.2. The van der Waals surface area contributed by atoms with E-state index in [0.29, 0.717) is 22.8 Å². The van der Waals surface area contributed by atoms with Crippen LogP contribution in [0.4, 0.5) is 0 Å². The molecule has 0 aliphatic rings. The molecule has 142 valence electrons. The van der Waals surface area contributed by atoms with Gasteiger partial charge in [-0.1, -0.05) is 42.5 Å². The number of rotatable bonds is 7. The lowest BCUT2D eigenvalue weighted by atomic mass is 10.2. The van der Waals surface area contributed by atoms with Gasteiger partial charge in [-0.05, 0) is 42.0 Å². The molecule has 0 fully saturated rings. The molecule has 0 atom stereocenters. The van der Waals surface area contributed by atoms with E-state index in [0.717, 1.165) is 5.56 Å². The Morgan fingerprint density at radius 2 is 1.71 bits per heavy atom. The zero-order valence-corrected chi connectivity index (χ0v) is 15.4. The van der Waals surface area contributed by atoms with Gasteiger partial charge in [0.25, 0.3) is 0 Å². The Balaban J connectivity index is 1.62. The lowest BCUT2D eigenvalue weighted by Gasteiger charge is -2.11. The maximum atomic E-state index is 12.1. The fourth-order valence-corrected chi connectivity index (χ4v) is 2.50. The third-order valence-corrected chi connectivity index (χ3v) is 3.93. The van der Waals surface area contributed by atoms with Gasteiger partial charge in [-0.25, -0.2) is 4.79 Å². The van der Waals surface area contributed by atoms with Gasteiger partial charge in [-0.2, -0.15) is 0 Å². The maximum absolute atomic E-state index is 12.1. The number of methoxy groups -OCH3 is 1. The summed E-state index contributed by atoms with van der Waals surface area (Å²) in [6, 6.07) is 21.6. The molecule has 3 aromatic rings. The number of para-hydroxylation sites is 2. The predicted molar refractivity (Wildman–Crippen MR) is 106 cm³/mol. The smallest absolute Gasteiger partial charge is 0.331 e. The normalized spacial score (nSPS) is 10.6. The highest BCUT2D eigenvalue weighted by Crippen LogP contribution is 2.27. The van der Waals surface area contributed by atoms with Crippen LogP contribution in [0.1, 0.15) is 11.1 Å². The minimum absolute atomic E-state index is 0.0391. The van der Waals surface area contributed by atoms with E-state index in [-0.39, 0.29) is 12.4 Å². The van der Waals surface area contributed by atoms with Crippen molar-refractivity contribution in [1.29, 1.82) is 0 Å². The minimum atomic E-state index is -0.485. The summed E-state index contributed by atoms with van der Waals surface area (Å²) in [5.41, 5.74) is 1.47. The number of carbonyl (C=O) groups is 1. The van der Waals surface area contributed by atoms with Crippen LogP contribution in [0.5, 0.6) is 23.0 Å². The molecular weight excluding hydrogens is 356 g/mol. The first-order valence-corrected chi connectivity index (χ1v) is 8.68. The fourth-order valence-electron chi connectivity index (χ4n) is 2.50. The van der Waals surface area contributed by atoms with Crippen LogP contribution in [-0.4, -0.2) is 18.2 Å². The van der Waals surface area contributed by atoms with E-state index in [1.807, 2.05) is 54.6 Å². The number of aromatic hydroxyl groups is 1. The first-order chi connectivity index (χ1) is 13.7. The van der Waals surface area contributed by atoms with Crippen LogP contribution in [0, 0.1) is 0 Å². The molecule has 3 rings (SSSR count). The van der Waals surface area contributed by atoms with Crippen molar-refractivity contribution in [3.05, 3.63) is 90.0 Å². The zero-order chi connectivity index (χ0) is 19.8. The first-order valence-electron chi connectivity index (χ1n) is 8.68. The molecule has 0 saturated carbocycles. The van der Waals surface area contributed by atoms with E-state index in [4.69, 9.17) is 14.2 Å². The Bertz CT molecular complexity index is 964. The van der Waals surface area contributed by atoms with Gasteiger partial charge in [0.1, 0.15) is 18.1 Å². The van der Waals surface area contributed by atoms with Gasteiger partial charge in [0.2, 0.25) is 0 Å². The number of phenols is 1. The highest BCUT2D eigenvalue weighted by molar-refractivity contribution is 5.87. The number of hydrogen-bond donors (Lipinski definition) is 1. The van der Waals surface area contributed by atoms with Crippen LogP contribution >= 0.6 is 0 Å². The second kappa shape index (κ2) is 9.28. The Kier molecular flexibility index (Phi) is 6.31. The summed E-state index contributed by atoms with van der Waals surface area (Å²) in [6.07, 6.45) is 2.92. The Morgan fingerprint density at radius 3 is 2.50 bits per heavy atom. The van der Waals surface area contributed by atoms with Crippen molar-refractivity contribution in [3.8, 4) is 23.0 Å². The van der Waals surface area contributed by atoms with Gasteiger partial charge in [0.15, 0.2) is 11.5 Å². The van der Waals surface area contributed by atoms with Crippen molar-refractivity contribution in [2.75, 3.05) is 7.11 Å². The topological polar surface area (TPSA) is 65.0 Å². The van der Waals surface area contributed by atoms with Crippen molar-refractivity contribution >= 4 is 12.0 Å². The van der Waals surface area contributed by atoms with Crippen LogP contribution in [0.15, 0.2) is 78.9 Å². The summed E-state index contributed by atoms with van der Waals surface area (Å²) in [6.45, 7) is 0.0884. The van der Waals surface area contributed by atoms with Gasteiger partial charge in [0, 0.05) is 11.6 Å². The Labute approximate surface area is 163 Å². The van der Waals surface area contributed by atoms with E-state index in [1.165, 1.54) is 19.3 Å². The molecule has 0 spiro atoms. The second-order valence-corrected chi connectivity index (χ2v) is 5.90. The van der Waals surface area contributed by atoms with Crippen molar-refractivity contribution in [2.45, 2.75) is 6.61 Å². The van der Waals surface area contributed by atoms with Gasteiger partial charge in [-0.3, -0.25) is 0 Å². The van der Waals surface area contributed by atoms with Crippen molar-refractivity contribution in [1.82, 2.24) is 0 Å². The average molecular weight is 376 g/mol. The summed E-state index contributed by atoms with van der Waals surface area (Å²) >= 11 is 0. The molecule has 1 N–H and O–H groups in total. The van der Waals surface area contributed by atoms with Crippen molar-refractivity contribution < 1.29 is 24.1 Å². The van der Waals surface area contributed by atoms with Crippen LogP contribution in [-0.2, 0) is 16.1 Å². The predicted octanol–water partition coefficient (Wildman–Crippen LogP) is 4.95. The summed E-state index contributed by atoms with van der Waals surface area (Å²) in [4.78, 5) is 12.1. The summed E-state index contributed by atoms with van der Waals surface area (Å²) in [5.74, 6) is 1.23. The number of esters is 1. The largest absolute Gasteiger partial charge is 0.504 e. The van der Waals surface area contributed by atoms with E-state index in [9.17, 15) is 9.90 Å². The van der Waals surface area contributed by atoms with Gasteiger partial charge in [-0.15, -0.1) is 0 Å². The molecule has 5 heteroatoms. The lowest BCUT2D eigenvalue weighted by Crippen LogP contribution is -2.02. The second-order valence-electron chi connectivity index (χ2n) is 5.90. The Morgan fingerprint density at radius 1 is 0.964 bits per heavy atom. The number of hydrogen-bond acceptors (Lipinski definition) is 5. The monoisotopic (exact) mass is 376 g/mol. The number of carbonyl (C=O) groups excluding carboxylic acids is 1. The highest BCUT2D eigenvalue weighted by atomic mass is 16.5. The van der Waals surface area contributed by atoms with E-state index >= 15 is 0 Å². The van der Waals surface area contributed by atoms with Gasteiger partial charge in [0.05, 0.1) is 7.11 Å². The average Bonchev–Trinajstić information content (AvgIpc) is 2.73. The summed E-state index contributed by atoms with van der Waals surface area (Å²) in [5, 5.41) is 9.60. The number of phenolic OH excluding ortho intramolecular Hbond substituents is 1. The lowest BCUT2D eigenvalue weighted by molar-refractivity contribution is -0.138. The fraction of sp³-hybridized carbons (Fsp3) is 0.0870. The molecule has 28 heavy (non-hydrogen) atoms. The molecule has 0 unspecified atom stereocenters. The molecule has 0 aliphatic heterocycles. The molecule has 0 heterocycles. The molecular formula is C23H20O5. The molecule has 5 nitrogen and oxygen atoms in total. The molecule has 0 aliphatic carbocycles. The molecule has 0 bridgehead atoms. The molecule has 3 aromatic carbocycles. The van der Waals surface area contributed by atoms with E-state index in [1.54, 1.807) is 18.2 Å². The van der Waals surface area contributed by atoms with E-state index in [2.05, 4.69) is 0 Å². The third-order valence-electron chi connectivity index (χ3n) is 3.93.